The summed E-state index contributed by atoms with van der Waals surface area (Å²) in [6.45, 7) is 33.9. The maximum absolute atomic E-state index is 3.11. The van der Waals surface area contributed by atoms with Crippen molar-refractivity contribution in [2.75, 3.05) is 14.1 Å². The molecular weight excluding hydrogens is 926 g/mol. The average Bonchev–Trinajstić information content (AvgIpc) is 3.34. The third kappa shape index (κ3) is 10.2. The van der Waals surface area contributed by atoms with E-state index >= 15 is 0 Å². The summed E-state index contributed by atoms with van der Waals surface area (Å²) >= 11 is 2.94. The summed E-state index contributed by atoms with van der Waals surface area (Å²) in [7, 11) is 4.00. The molecule has 2 nitrogen and oxygen atoms in total. The molecule has 0 aliphatic carbocycles. The van der Waals surface area contributed by atoms with Gasteiger partial charge >= 0.3 is 331 Å². The van der Waals surface area contributed by atoms with Gasteiger partial charge in [-0.3, -0.25) is 0 Å². The molecule has 0 unspecified atom stereocenters. The van der Waals surface area contributed by atoms with Crippen molar-refractivity contribution >= 4 is 52.2 Å². The minimum absolute atomic E-state index is 1.28. The number of nitrogens with zero attached hydrogens (tertiary/aromatic N) is 2. The Balaban J connectivity index is 0.000000186. The second-order valence-electron chi connectivity index (χ2n) is 16.9. The van der Waals surface area contributed by atoms with E-state index in [2.05, 4.69) is 189 Å². The molecule has 1 aliphatic rings. The van der Waals surface area contributed by atoms with Gasteiger partial charge < -0.3 is 9.80 Å². The van der Waals surface area contributed by atoms with Crippen LogP contribution in [0.1, 0.15) is 80.6 Å². The molecule has 0 N–H and O–H groups in total. The first-order valence-corrected chi connectivity index (χ1v) is 23.5. The molecule has 59 heavy (non-hydrogen) atoms. The Morgan fingerprint density at radius 1 is 0.339 bits per heavy atom. The van der Waals surface area contributed by atoms with Crippen LogP contribution in [0.5, 0.6) is 0 Å². The Morgan fingerprint density at radius 3 is 0.678 bits per heavy atom. The first kappa shape index (κ1) is 46.3. The monoisotopic (exact) mass is 990 g/mol. The fourth-order valence-corrected chi connectivity index (χ4v) is 11.6. The molecule has 1 aliphatic heterocycles. The van der Waals surface area contributed by atoms with Crippen LogP contribution in [0.3, 0.4) is 0 Å². The molecule has 0 saturated carbocycles. The van der Waals surface area contributed by atoms with Crippen LogP contribution >= 0.6 is 0 Å². The average molecular weight is 989 g/mol. The second kappa shape index (κ2) is 19.3. The Kier molecular flexibility index (Phi) is 15.2. The van der Waals surface area contributed by atoms with Crippen molar-refractivity contribution in [1.29, 1.82) is 0 Å². The first-order valence-electron chi connectivity index (χ1n) is 20.6. The quantitative estimate of drug-likeness (QED) is 0.162. The Labute approximate surface area is 384 Å². The molecule has 8 radical (unpaired) electrons. The molecule has 0 fully saturated rings. The molecule has 0 saturated heterocycles. The van der Waals surface area contributed by atoms with E-state index in [1.54, 1.807) is 0 Å². The van der Waals surface area contributed by atoms with E-state index in [4.69, 9.17) is 0 Å². The molecule has 0 aromatic heterocycles. The zero-order chi connectivity index (χ0) is 43.6. The molecule has 7 rings (SSSR count). The fraction of sp³-hybridized carbons (Fsp3) is 0.291. The molecule has 1 heterocycles. The SMILES string of the molecule is CC1=C(C)N(C)[C]N1C.Cc1cc(C)c(-c2cccc(-c3c(C)cc(C)cc3C)[c]2[Sn])c(C)c1.Cc1cc(C)c(-c2cccc(-c3c(C)cc(C)cc3C)[c]2[Sn])c(C)c1. The van der Waals surface area contributed by atoms with Crippen molar-refractivity contribution in [1.82, 2.24) is 9.80 Å². The topological polar surface area (TPSA) is 6.48 Å². The van der Waals surface area contributed by atoms with E-state index in [1.165, 1.54) is 175 Å². The van der Waals surface area contributed by atoms with Gasteiger partial charge in [0.25, 0.3) is 0 Å². The number of aryl methyl sites for hydroxylation is 12. The summed E-state index contributed by atoms with van der Waals surface area (Å²) in [4.78, 5) is 3.99. The molecule has 6 aromatic carbocycles. The van der Waals surface area contributed by atoms with Gasteiger partial charge in [-0.2, -0.15) is 0 Å². The molecule has 6 aromatic rings. The summed E-state index contributed by atoms with van der Waals surface area (Å²) in [6, 6.07) is 32.0. The fourth-order valence-electron chi connectivity index (χ4n) is 9.22. The molecule has 0 atom stereocenters. The van der Waals surface area contributed by atoms with Gasteiger partial charge in [0.2, 0.25) is 6.67 Å². The minimum atomic E-state index is 1.28. The van der Waals surface area contributed by atoms with Crippen LogP contribution in [0.2, 0.25) is 0 Å². The van der Waals surface area contributed by atoms with Gasteiger partial charge in [0, 0.05) is 25.5 Å². The van der Waals surface area contributed by atoms with Gasteiger partial charge in [0.05, 0.1) is 0 Å². The van der Waals surface area contributed by atoms with Crippen LogP contribution in [0.15, 0.2) is 96.3 Å². The second-order valence-corrected chi connectivity index (χ2v) is 19.8. The van der Waals surface area contributed by atoms with Crippen molar-refractivity contribution in [2.45, 2.75) is 96.9 Å². The summed E-state index contributed by atoms with van der Waals surface area (Å²) < 4.78 is 2.92. The summed E-state index contributed by atoms with van der Waals surface area (Å²) in [6.07, 6.45) is 0. The standard InChI is InChI=1S/2C24H25.C7H12N2.2Sn/c2*1-15-10-17(3)23(18(4)11-15)21-8-7-9-22(14-21)24-19(5)12-16(2)13-20(24)6;1-6-7(2)9(4)5-8(6)3;;/h2*7-13H,1-6H3;1-4H3;;. The van der Waals surface area contributed by atoms with Gasteiger partial charge in [-0.25, -0.2) is 0 Å². The van der Waals surface area contributed by atoms with Crippen molar-refractivity contribution < 1.29 is 0 Å². The summed E-state index contributed by atoms with van der Waals surface area (Å²) in [5.41, 5.74) is 30.1. The van der Waals surface area contributed by atoms with Crippen LogP contribution in [-0.4, -0.2) is 68.9 Å². The van der Waals surface area contributed by atoms with Crippen LogP contribution in [0.25, 0.3) is 44.5 Å². The number of rotatable bonds is 4. The van der Waals surface area contributed by atoms with Gasteiger partial charge in [0.1, 0.15) is 0 Å². The van der Waals surface area contributed by atoms with Crippen LogP contribution in [0.4, 0.5) is 0 Å². The van der Waals surface area contributed by atoms with Gasteiger partial charge in [-0.15, -0.1) is 0 Å². The third-order valence-corrected chi connectivity index (χ3v) is 14.8. The van der Waals surface area contributed by atoms with E-state index in [0.717, 1.165) is 0 Å². The van der Waals surface area contributed by atoms with E-state index in [-0.39, 0.29) is 0 Å². The Bertz CT molecular complexity index is 2150. The normalized spacial score (nSPS) is 12.4. The van der Waals surface area contributed by atoms with Crippen LogP contribution < -0.4 is 7.16 Å². The first-order chi connectivity index (χ1) is 27.7. The molecule has 0 amide bonds. The zero-order valence-corrected chi connectivity index (χ0v) is 44.2. The molecule has 300 valence electrons. The van der Waals surface area contributed by atoms with E-state index in [1.807, 2.05) is 23.9 Å². The van der Waals surface area contributed by atoms with Gasteiger partial charge in [0.15, 0.2) is 0 Å². The van der Waals surface area contributed by atoms with E-state index in [9.17, 15) is 0 Å². The molecule has 0 bridgehead atoms. The number of hydrogen-bond donors (Lipinski definition) is 0. The van der Waals surface area contributed by atoms with Crippen molar-refractivity contribution in [3.05, 3.63) is 170 Å². The van der Waals surface area contributed by atoms with Crippen LogP contribution in [0, 0.1) is 89.8 Å². The third-order valence-electron chi connectivity index (χ3n) is 11.7. The van der Waals surface area contributed by atoms with E-state index < -0.39 is 0 Å². The zero-order valence-electron chi connectivity index (χ0n) is 38.5. The van der Waals surface area contributed by atoms with Crippen LogP contribution in [-0.2, 0) is 0 Å². The predicted molar refractivity (Wildman–Crippen MR) is 259 cm³/mol. The number of benzene rings is 6. The van der Waals surface area contributed by atoms with Crippen molar-refractivity contribution in [3.8, 4) is 44.5 Å². The Hall–Kier alpha value is -3.74. The maximum atomic E-state index is 3.11. The summed E-state index contributed by atoms with van der Waals surface area (Å²) in [5, 5.41) is 0. The molecular formula is C55H62N2Sn2. The molecule has 4 heteroatoms. The van der Waals surface area contributed by atoms with Gasteiger partial charge in [-0.1, -0.05) is 0 Å². The summed E-state index contributed by atoms with van der Waals surface area (Å²) in [5.74, 6) is 0. The number of allylic oxidation sites excluding steroid dienone is 2. The van der Waals surface area contributed by atoms with Crippen molar-refractivity contribution in [2.24, 2.45) is 0 Å². The Morgan fingerprint density at radius 2 is 0.525 bits per heavy atom. The molecule has 0 spiro atoms. The van der Waals surface area contributed by atoms with Crippen molar-refractivity contribution in [3.63, 3.8) is 0 Å². The van der Waals surface area contributed by atoms with E-state index in [0.29, 0.717) is 0 Å². The van der Waals surface area contributed by atoms with Gasteiger partial charge in [-0.05, 0) is 13.8 Å². The number of hydrogen-bond acceptors (Lipinski definition) is 2. The predicted octanol–water partition coefficient (Wildman–Crippen LogP) is 12.4.